The van der Waals surface area contributed by atoms with Gasteiger partial charge in [-0.1, -0.05) is 58.8 Å². The second-order valence-electron chi connectivity index (χ2n) is 6.74. The predicted molar refractivity (Wildman–Crippen MR) is 89.7 cm³/mol. The van der Waals surface area contributed by atoms with Crippen molar-refractivity contribution >= 4 is 0 Å². The molecule has 0 spiro atoms. The number of rotatable bonds is 11. The standard InChI is InChI=1S/C18H37NO2/c1-4-6-7-8-9-10-11-12-17(20)18(3,5-2)19-13-15-21-16-14-19/h17,20H,4-16H2,1-3H3. The first-order valence-corrected chi connectivity index (χ1v) is 9.16. The Balaban J connectivity index is 2.25. The van der Waals surface area contributed by atoms with Gasteiger partial charge in [-0.05, 0) is 19.8 Å². The van der Waals surface area contributed by atoms with Gasteiger partial charge in [-0.2, -0.15) is 0 Å². The van der Waals surface area contributed by atoms with Gasteiger partial charge in [0.1, 0.15) is 0 Å². The van der Waals surface area contributed by atoms with Crippen molar-refractivity contribution in [3.8, 4) is 0 Å². The molecule has 21 heavy (non-hydrogen) atoms. The first kappa shape index (κ1) is 18.9. The second kappa shape index (κ2) is 10.6. The smallest absolute Gasteiger partial charge is 0.0721 e. The fraction of sp³-hybridized carbons (Fsp3) is 1.00. The molecule has 0 saturated carbocycles. The highest BCUT2D eigenvalue weighted by Gasteiger charge is 2.37. The van der Waals surface area contributed by atoms with Crippen LogP contribution in [0.25, 0.3) is 0 Å². The molecule has 2 atom stereocenters. The van der Waals surface area contributed by atoms with Crippen molar-refractivity contribution in [1.82, 2.24) is 4.90 Å². The molecule has 0 radical (unpaired) electrons. The van der Waals surface area contributed by atoms with Gasteiger partial charge in [0.2, 0.25) is 0 Å². The summed E-state index contributed by atoms with van der Waals surface area (Å²) in [5, 5.41) is 10.7. The Morgan fingerprint density at radius 1 is 1.00 bits per heavy atom. The maximum Gasteiger partial charge on any atom is 0.0721 e. The molecule has 1 heterocycles. The van der Waals surface area contributed by atoms with E-state index in [0.29, 0.717) is 0 Å². The molecule has 1 N–H and O–H groups in total. The lowest BCUT2D eigenvalue weighted by Crippen LogP contribution is -2.57. The van der Waals surface area contributed by atoms with Crippen LogP contribution in [0.2, 0.25) is 0 Å². The molecule has 0 aromatic heterocycles. The van der Waals surface area contributed by atoms with Crippen LogP contribution in [0.4, 0.5) is 0 Å². The molecule has 3 heteroatoms. The van der Waals surface area contributed by atoms with Crippen LogP contribution in [0.1, 0.15) is 78.6 Å². The number of unbranched alkanes of at least 4 members (excludes halogenated alkanes) is 6. The molecule has 0 aliphatic carbocycles. The number of morpholine rings is 1. The summed E-state index contributed by atoms with van der Waals surface area (Å²) in [6.07, 6.45) is 10.9. The summed E-state index contributed by atoms with van der Waals surface area (Å²) in [7, 11) is 0. The SMILES string of the molecule is CCCCCCCCCC(O)C(C)(CC)N1CCOCC1. The van der Waals surface area contributed by atoms with Crippen LogP contribution in [-0.4, -0.2) is 48.0 Å². The van der Waals surface area contributed by atoms with Crippen molar-refractivity contribution < 1.29 is 9.84 Å². The van der Waals surface area contributed by atoms with Crippen molar-refractivity contribution in [2.75, 3.05) is 26.3 Å². The summed E-state index contributed by atoms with van der Waals surface area (Å²) in [5.74, 6) is 0. The summed E-state index contributed by atoms with van der Waals surface area (Å²) >= 11 is 0. The van der Waals surface area contributed by atoms with Crippen LogP contribution in [0, 0.1) is 0 Å². The molecule has 0 aromatic carbocycles. The Morgan fingerprint density at radius 3 is 2.14 bits per heavy atom. The zero-order valence-electron chi connectivity index (χ0n) is 14.6. The molecule has 1 fully saturated rings. The molecule has 0 bridgehead atoms. The number of aliphatic hydroxyl groups excluding tert-OH is 1. The van der Waals surface area contributed by atoms with Crippen LogP contribution in [0.3, 0.4) is 0 Å². The fourth-order valence-electron chi connectivity index (χ4n) is 3.35. The van der Waals surface area contributed by atoms with Crippen molar-refractivity contribution in [2.24, 2.45) is 0 Å². The van der Waals surface area contributed by atoms with E-state index in [9.17, 15) is 5.11 Å². The largest absolute Gasteiger partial charge is 0.391 e. The molecular formula is C18H37NO2. The minimum absolute atomic E-state index is 0.0774. The van der Waals surface area contributed by atoms with Crippen molar-refractivity contribution in [1.29, 1.82) is 0 Å². The molecule has 126 valence electrons. The first-order valence-electron chi connectivity index (χ1n) is 9.16. The lowest BCUT2D eigenvalue weighted by atomic mass is 9.86. The van der Waals surface area contributed by atoms with E-state index in [1.165, 1.54) is 38.5 Å². The third kappa shape index (κ3) is 6.25. The highest BCUT2D eigenvalue weighted by Crippen LogP contribution is 2.28. The average Bonchev–Trinajstić information content (AvgIpc) is 2.53. The van der Waals surface area contributed by atoms with Crippen LogP contribution in [-0.2, 0) is 4.74 Å². The van der Waals surface area contributed by atoms with Crippen molar-refractivity contribution in [2.45, 2.75) is 90.2 Å². The zero-order valence-corrected chi connectivity index (χ0v) is 14.6. The predicted octanol–water partition coefficient (Wildman–Crippen LogP) is 3.99. The van der Waals surface area contributed by atoms with Gasteiger partial charge in [0.05, 0.1) is 19.3 Å². The highest BCUT2D eigenvalue weighted by atomic mass is 16.5. The van der Waals surface area contributed by atoms with E-state index in [0.717, 1.165) is 45.6 Å². The topological polar surface area (TPSA) is 32.7 Å². The lowest BCUT2D eigenvalue weighted by molar-refractivity contribution is -0.0745. The number of ether oxygens (including phenoxy) is 1. The summed E-state index contributed by atoms with van der Waals surface area (Å²) in [6.45, 7) is 10.2. The fourth-order valence-corrected chi connectivity index (χ4v) is 3.35. The molecule has 1 aliphatic heterocycles. The van der Waals surface area contributed by atoms with Crippen molar-refractivity contribution in [3.05, 3.63) is 0 Å². The van der Waals surface area contributed by atoms with Gasteiger partial charge in [0.15, 0.2) is 0 Å². The Labute approximate surface area is 132 Å². The summed E-state index contributed by atoms with van der Waals surface area (Å²) in [4.78, 5) is 2.43. The number of aliphatic hydroxyl groups is 1. The summed E-state index contributed by atoms with van der Waals surface area (Å²) < 4.78 is 5.44. The number of nitrogens with zero attached hydrogens (tertiary/aromatic N) is 1. The third-order valence-electron chi connectivity index (χ3n) is 5.25. The maximum absolute atomic E-state index is 10.7. The molecule has 1 saturated heterocycles. The lowest BCUT2D eigenvalue weighted by Gasteiger charge is -2.46. The normalized spacial score (nSPS) is 21.1. The van der Waals surface area contributed by atoms with Gasteiger partial charge >= 0.3 is 0 Å². The van der Waals surface area contributed by atoms with Gasteiger partial charge in [-0.15, -0.1) is 0 Å². The maximum atomic E-state index is 10.7. The Kier molecular flexibility index (Phi) is 9.54. The van der Waals surface area contributed by atoms with Crippen LogP contribution >= 0.6 is 0 Å². The Morgan fingerprint density at radius 2 is 1.57 bits per heavy atom. The van der Waals surface area contributed by atoms with Gasteiger partial charge in [-0.25, -0.2) is 0 Å². The van der Waals surface area contributed by atoms with E-state index >= 15 is 0 Å². The van der Waals surface area contributed by atoms with Crippen molar-refractivity contribution in [3.63, 3.8) is 0 Å². The van der Waals surface area contributed by atoms with E-state index in [1.54, 1.807) is 0 Å². The van der Waals surface area contributed by atoms with E-state index in [1.807, 2.05) is 0 Å². The van der Waals surface area contributed by atoms with E-state index < -0.39 is 0 Å². The van der Waals surface area contributed by atoms with Crippen LogP contribution in [0.5, 0.6) is 0 Å². The summed E-state index contributed by atoms with van der Waals surface area (Å²) in [6, 6.07) is 0. The van der Waals surface area contributed by atoms with Crippen LogP contribution in [0.15, 0.2) is 0 Å². The van der Waals surface area contributed by atoms with Gasteiger partial charge < -0.3 is 9.84 Å². The minimum Gasteiger partial charge on any atom is -0.391 e. The van der Waals surface area contributed by atoms with E-state index in [4.69, 9.17) is 4.74 Å². The van der Waals surface area contributed by atoms with Crippen LogP contribution < -0.4 is 0 Å². The minimum atomic E-state index is -0.212. The second-order valence-corrected chi connectivity index (χ2v) is 6.74. The molecule has 0 amide bonds. The highest BCUT2D eigenvalue weighted by molar-refractivity contribution is 4.92. The van der Waals surface area contributed by atoms with E-state index in [2.05, 4.69) is 25.7 Å². The third-order valence-corrected chi connectivity index (χ3v) is 5.25. The molecular weight excluding hydrogens is 262 g/mol. The quantitative estimate of drug-likeness (QED) is 0.586. The van der Waals surface area contributed by atoms with Gasteiger partial charge in [0.25, 0.3) is 0 Å². The zero-order chi connectivity index (χ0) is 15.6. The van der Waals surface area contributed by atoms with Gasteiger partial charge in [-0.3, -0.25) is 4.90 Å². The summed E-state index contributed by atoms with van der Waals surface area (Å²) in [5.41, 5.74) is -0.0774. The first-order chi connectivity index (χ1) is 10.1. The number of hydrogen-bond acceptors (Lipinski definition) is 3. The molecule has 0 aromatic rings. The Hall–Kier alpha value is -0.120. The average molecular weight is 299 g/mol. The van der Waals surface area contributed by atoms with Gasteiger partial charge in [0, 0.05) is 18.6 Å². The molecule has 2 unspecified atom stereocenters. The number of hydrogen-bond donors (Lipinski definition) is 1. The van der Waals surface area contributed by atoms with E-state index in [-0.39, 0.29) is 11.6 Å². The Bertz CT molecular complexity index is 254. The molecule has 1 rings (SSSR count). The monoisotopic (exact) mass is 299 g/mol. The molecule has 3 nitrogen and oxygen atoms in total. The molecule has 1 aliphatic rings.